The predicted octanol–water partition coefficient (Wildman–Crippen LogP) is 1.48. The number of likely N-dealkylation sites (tertiary alicyclic amines) is 1. The van der Waals surface area contributed by atoms with Gasteiger partial charge in [0, 0.05) is 51.2 Å². The Morgan fingerprint density at radius 2 is 1.79 bits per heavy atom. The Balaban J connectivity index is 1.47. The summed E-state index contributed by atoms with van der Waals surface area (Å²) in [5.41, 5.74) is 3.02. The molecule has 19 heavy (non-hydrogen) atoms. The summed E-state index contributed by atoms with van der Waals surface area (Å²) in [5.74, 6) is 0. The molecule has 3 heterocycles. The van der Waals surface area contributed by atoms with Gasteiger partial charge in [-0.25, -0.2) is 9.78 Å². The molecule has 1 aromatic heterocycles. The Morgan fingerprint density at radius 3 is 2.42 bits per heavy atom. The number of hydrogen-bond acceptors (Lipinski definition) is 4. The molecule has 0 bridgehead atoms. The van der Waals surface area contributed by atoms with E-state index in [2.05, 4.69) is 15.3 Å². The SMILES string of the molecule is O=C(N1CCCC1)N1CCN(Cc2cscn2)CC1. The second-order valence-electron chi connectivity index (χ2n) is 5.22. The fourth-order valence-electron chi connectivity index (χ4n) is 2.75. The highest BCUT2D eigenvalue weighted by Crippen LogP contribution is 2.14. The van der Waals surface area contributed by atoms with Gasteiger partial charge in [0.05, 0.1) is 11.2 Å². The van der Waals surface area contributed by atoms with Crippen LogP contribution >= 0.6 is 11.3 Å². The second kappa shape index (κ2) is 5.88. The van der Waals surface area contributed by atoms with Crippen LogP contribution in [0.15, 0.2) is 10.9 Å². The standard InChI is InChI=1S/C13H20N4OS/c18-13(16-3-1-2-4-16)17-7-5-15(6-8-17)9-12-10-19-11-14-12/h10-11H,1-9H2. The molecule has 0 spiro atoms. The molecule has 5 nitrogen and oxygen atoms in total. The summed E-state index contributed by atoms with van der Waals surface area (Å²) in [4.78, 5) is 22.9. The molecule has 0 unspecified atom stereocenters. The molecule has 2 saturated heterocycles. The van der Waals surface area contributed by atoms with Gasteiger partial charge in [-0.1, -0.05) is 0 Å². The molecule has 3 rings (SSSR count). The minimum Gasteiger partial charge on any atom is -0.325 e. The zero-order chi connectivity index (χ0) is 13.1. The Hall–Kier alpha value is -1.14. The smallest absolute Gasteiger partial charge is 0.320 e. The van der Waals surface area contributed by atoms with Crippen molar-refractivity contribution >= 4 is 17.4 Å². The zero-order valence-corrected chi connectivity index (χ0v) is 11.9. The molecule has 0 saturated carbocycles. The molecule has 2 aliphatic rings. The van der Waals surface area contributed by atoms with E-state index in [9.17, 15) is 4.79 Å². The van der Waals surface area contributed by atoms with Crippen LogP contribution in [0.25, 0.3) is 0 Å². The van der Waals surface area contributed by atoms with Gasteiger partial charge in [0.25, 0.3) is 0 Å². The van der Waals surface area contributed by atoms with E-state index in [4.69, 9.17) is 0 Å². The lowest BCUT2D eigenvalue weighted by atomic mass is 10.3. The van der Waals surface area contributed by atoms with Crippen LogP contribution in [-0.2, 0) is 6.54 Å². The first-order valence-corrected chi connectivity index (χ1v) is 7.90. The van der Waals surface area contributed by atoms with Crippen molar-refractivity contribution in [1.82, 2.24) is 19.7 Å². The van der Waals surface area contributed by atoms with E-state index in [1.807, 2.05) is 15.3 Å². The average molecular weight is 280 g/mol. The monoisotopic (exact) mass is 280 g/mol. The molecular formula is C13H20N4OS. The number of carbonyl (C=O) groups is 1. The van der Waals surface area contributed by atoms with Crippen molar-refractivity contribution in [1.29, 1.82) is 0 Å². The van der Waals surface area contributed by atoms with Crippen LogP contribution in [0.4, 0.5) is 4.79 Å². The van der Waals surface area contributed by atoms with Crippen LogP contribution in [0.2, 0.25) is 0 Å². The molecule has 2 aliphatic heterocycles. The fourth-order valence-corrected chi connectivity index (χ4v) is 3.30. The molecular weight excluding hydrogens is 260 g/mol. The number of thiazole rings is 1. The molecule has 0 radical (unpaired) electrons. The van der Waals surface area contributed by atoms with Crippen LogP contribution in [0.3, 0.4) is 0 Å². The highest BCUT2D eigenvalue weighted by atomic mass is 32.1. The molecule has 6 heteroatoms. The molecule has 1 aromatic rings. The zero-order valence-electron chi connectivity index (χ0n) is 11.1. The van der Waals surface area contributed by atoms with Gasteiger partial charge in [0.1, 0.15) is 0 Å². The number of rotatable bonds is 2. The highest BCUT2D eigenvalue weighted by Gasteiger charge is 2.26. The Morgan fingerprint density at radius 1 is 1.11 bits per heavy atom. The van der Waals surface area contributed by atoms with Crippen LogP contribution in [0.5, 0.6) is 0 Å². The number of hydrogen-bond donors (Lipinski definition) is 0. The van der Waals surface area contributed by atoms with Crippen LogP contribution in [-0.4, -0.2) is 65.0 Å². The maximum Gasteiger partial charge on any atom is 0.320 e. The molecule has 2 fully saturated rings. The van der Waals surface area contributed by atoms with Gasteiger partial charge < -0.3 is 9.80 Å². The maximum absolute atomic E-state index is 12.2. The molecule has 104 valence electrons. The van der Waals surface area contributed by atoms with Crippen LogP contribution in [0.1, 0.15) is 18.5 Å². The van der Waals surface area contributed by atoms with Crippen molar-refractivity contribution in [2.24, 2.45) is 0 Å². The van der Waals surface area contributed by atoms with Crippen molar-refractivity contribution in [3.8, 4) is 0 Å². The minimum atomic E-state index is 0.241. The first kappa shape index (κ1) is 12.9. The van der Waals surface area contributed by atoms with E-state index >= 15 is 0 Å². The van der Waals surface area contributed by atoms with Crippen LogP contribution in [0, 0.1) is 0 Å². The molecule has 2 amide bonds. The van der Waals surface area contributed by atoms with Gasteiger partial charge in [0.2, 0.25) is 0 Å². The lowest BCUT2D eigenvalue weighted by Gasteiger charge is -2.36. The van der Waals surface area contributed by atoms with Gasteiger partial charge in [-0.3, -0.25) is 4.90 Å². The third-order valence-electron chi connectivity index (χ3n) is 3.89. The Labute approximate surface area is 117 Å². The molecule has 0 aliphatic carbocycles. The highest BCUT2D eigenvalue weighted by molar-refractivity contribution is 7.07. The summed E-state index contributed by atoms with van der Waals surface area (Å²) in [7, 11) is 0. The lowest BCUT2D eigenvalue weighted by molar-refractivity contribution is 0.114. The summed E-state index contributed by atoms with van der Waals surface area (Å²) in [6.45, 7) is 6.40. The van der Waals surface area contributed by atoms with Crippen molar-refractivity contribution in [3.05, 3.63) is 16.6 Å². The average Bonchev–Trinajstić information content (AvgIpc) is 3.12. The van der Waals surface area contributed by atoms with E-state index in [1.54, 1.807) is 11.3 Å². The fraction of sp³-hybridized carbons (Fsp3) is 0.692. The first-order valence-electron chi connectivity index (χ1n) is 6.96. The number of aromatic nitrogens is 1. The maximum atomic E-state index is 12.2. The summed E-state index contributed by atoms with van der Waals surface area (Å²) in [6, 6.07) is 0.241. The summed E-state index contributed by atoms with van der Waals surface area (Å²) in [5, 5.41) is 2.10. The molecule has 0 N–H and O–H groups in total. The van der Waals surface area contributed by atoms with Crippen molar-refractivity contribution < 1.29 is 4.79 Å². The Bertz CT molecular complexity index is 408. The minimum absolute atomic E-state index is 0.241. The number of nitrogens with zero attached hydrogens (tertiary/aromatic N) is 4. The summed E-state index contributed by atoms with van der Waals surface area (Å²) >= 11 is 1.64. The van der Waals surface area contributed by atoms with Crippen molar-refractivity contribution in [2.45, 2.75) is 19.4 Å². The van der Waals surface area contributed by atoms with E-state index < -0.39 is 0 Å². The summed E-state index contributed by atoms with van der Waals surface area (Å²) < 4.78 is 0. The van der Waals surface area contributed by atoms with E-state index in [-0.39, 0.29) is 6.03 Å². The normalized spacial score (nSPS) is 21.1. The predicted molar refractivity (Wildman–Crippen MR) is 75.2 cm³/mol. The number of amides is 2. The third kappa shape index (κ3) is 3.06. The third-order valence-corrected chi connectivity index (χ3v) is 4.52. The van der Waals surface area contributed by atoms with Gasteiger partial charge in [-0.2, -0.15) is 0 Å². The largest absolute Gasteiger partial charge is 0.325 e. The topological polar surface area (TPSA) is 39.7 Å². The number of carbonyl (C=O) groups excluding carboxylic acids is 1. The molecule has 0 aromatic carbocycles. The van der Waals surface area contributed by atoms with E-state index in [0.717, 1.165) is 64.3 Å². The van der Waals surface area contributed by atoms with Gasteiger partial charge >= 0.3 is 6.03 Å². The van der Waals surface area contributed by atoms with Gasteiger partial charge in [0.15, 0.2) is 0 Å². The quantitative estimate of drug-likeness (QED) is 0.824. The molecule has 0 atom stereocenters. The first-order chi connectivity index (χ1) is 9.33. The lowest BCUT2D eigenvalue weighted by Crippen LogP contribution is -2.52. The summed E-state index contributed by atoms with van der Waals surface area (Å²) in [6.07, 6.45) is 2.32. The second-order valence-corrected chi connectivity index (χ2v) is 5.94. The van der Waals surface area contributed by atoms with E-state index in [0.29, 0.717) is 0 Å². The van der Waals surface area contributed by atoms with Crippen molar-refractivity contribution in [3.63, 3.8) is 0 Å². The van der Waals surface area contributed by atoms with Gasteiger partial charge in [-0.05, 0) is 12.8 Å². The number of piperazine rings is 1. The number of urea groups is 1. The van der Waals surface area contributed by atoms with Crippen molar-refractivity contribution in [2.75, 3.05) is 39.3 Å². The van der Waals surface area contributed by atoms with E-state index in [1.165, 1.54) is 0 Å². The van der Waals surface area contributed by atoms with Crippen LogP contribution < -0.4 is 0 Å². The van der Waals surface area contributed by atoms with Gasteiger partial charge in [-0.15, -0.1) is 11.3 Å². The Kier molecular flexibility index (Phi) is 3.98.